The van der Waals surface area contributed by atoms with E-state index in [9.17, 15) is 9.90 Å². The Kier molecular flexibility index (Phi) is 4.10. The Morgan fingerprint density at radius 3 is 2.71 bits per heavy atom. The first-order valence-corrected chi connectivity index (χ1v) is 6.48. The Morgan fingerprint density at radius 1 is 1.38 bits per heavy atom. The van der Waals surface area contributed by atoms with Crippen molar-refractivity contribution in [3.05, 3.63) is 51.7 Å². The van der Waals surface area contributed by atoms with Crippen molar-refractivity contribution >= 4 is 29.1 Å². The molecule has 2 N–H and O–H groups in total. The highest BCUT2D eigenvalue weighted by Gasteiger charge is 2.17. The number of carboxylic acids is 1. The molecule has 21 heavy (non-hydrogen) atoms. The molecule has 0 radical (unpaired) electrons. The number of aryl methyl sites for hydroxylation is 2. The Balaban J connectivity index is 2.57. The van der Waals surface area contributed by atoms with Crippen molar-refractivity contribution in [2.45, 2.75) is 13.8 Å². The fourth-order valence-electron chi connectivity index (χ4n) is 2.04. The summed E-state index contributed by atoms with van der Waals surface area (Å²) in [4.78, 5) is 15.6. The number of rotatable bonds is 3. The predicted molar refractivity (Wildman–Crippen MR) is 80.1 cm³/mol. The van der Waals surface area contributed by atoms with Crippen LogP contribution in [0.5, 0.6) is 0 Å². The summed E-state index contributed by atoms with van der Waals surface area (Å²) in [7, 11) is 0. The topological polar surface area (TPSA) is 86.0 Å². The van der Waals surface area contributed by atoms with Gasteiger partial charge in [0.05, 0.1) is 11.3 Å². The van der Waals surface area contributed by atoms with E-state index >= 15 is 0 Å². The van der Waals surface area contributed by atoms with Crippen molar-refractivity contribution in [1.29, 1.82) is 5.26 Å². The molecule has 5 nitrogen and oxygen atoms in total. The maximum atomic E-state index is 11.4. The number of aromatic nitrogens is 1. The lowest BCUT2D eigenvalue weighted by Crippen LogP contribution is -2.09. The molecule has 0 saturated carbocycles. The van der Waals surface area contributed by atoms with Gasteiger partial charge in [-0.15, -0.1) is 0 Å². The molecule has 0 amide bonds. The standard InChI is InChI=1S/C15H12ClN3O2/c1-8-5-9(2)18-14(13(8)15(20)21)19-12-6-11(16)4-3-10(12)7-17/h3-6H,1-2H3,(H,18,19)(H,20,21). The van der Waals surface area contributed by atoms with Crippen molar-refractivity contribution in [2.24, 2.45) is 0 Å². The second-order valence-electron chi connectivity index (χ2n) is 4.54. The van der Waals surface area contributed by atoms with Gasteiger partial charge in [0.25, 0.3) is 0 Å². The van der Waals surface area contributed by atoms with Crippen molar-refractivity contribution in [2.75, 3.05) is 5.32 Å². The molecule has 0 aliphatic carbocycles. The monoisotopic (exact) mass is 301 g/mol. The van der Waals surface area contributed by atoms with E-state index < -0.39 is 5.97 Å². The van der Waals surface area contributed by atoms with Gasteiger partial charge in [0, 0.05) is 10.7 Å². The molecule has 0 bridgehead atoms. The molecule has 0 spiro atoms. The van der Waals surface area contributed by atoms with E-state index in [1.807, 2.05) is 6.07 Å². The average molecular weight is 302 g/mol. The Hall–Kier alpha value is -2.58. The third kappa shape index (κ3) is 3.12. The summed E-state index contributed by atoms with van der Waals surface area (Å²) in [6.45, 7) is 3.47. The summed E-state index contributed by atoms with van der Waals surface area (Å²) in [6, 6.07) is 8.44. The molecule has 0 unspecified atom stereocenters. The minimum atomic E-state index is -1.08. The lowest BCUT2D eigenvalue weighted by molar-refractivity contribution is 0.0697. The highest BCUT2D eigenvalue weighted by molar-refractivity contribution is 6.30. The zero-order valence-corrected chi connectivity index (χ0v) is 12.2. The van der Waals surface area contributed by atoms with Crippen LogP contribution in [0.15, 0.2) is 24.3 Å². The second kappa shape index (κ2) is 5.81. The van der Waals surface area contributed by atoms with Crippen molar-refractivity contribution in [1.82, 2.24) is 4.98 Å². The Morgan fingerprint density at radius 2 is 2.10 bits per heavy atom. The Bertz CT molecular complexity index is 766. The van der Waals surface area contributed by atoms with Gasteiger partial charge >= 0.3 is 5.97 Å². The van der Waals surface area contributed by atoms with E-state index in [1.54, 1.807) is 38.1 Å². The van der Waals surface area contributed by atoms with Crippen LogP contribution < -0.4 is 5.32 Å². The smallest absolute Gasteiger partial charge is 0.339 e. The van der Waals surface area contributed by atoms with Crippen molar-refractivity contribution < 1.29 is 9.90 Å². The lowest BCUT2D eigenvalue weighted by Gasteiger charge is -2.13. The summed E-state index contributed by atoms with van der Waals surface area (Å²) in [5.74, 6) is -0.887. The van der Waals surface area contributed by atoms with Gasteiger partial charge in [-0.3, -0.25) is 0 Å². The summed E-state index contributed by atoms with van der Waals surface area (Å²) in [6.07, 6.45) is 0. The number of anilines is 2. The normalized spacial score (nSPS) is 10.0. The first-order chi connectivity index (χ1) is 9.92. The molecule has 1 aromatic heterocycles. The number of nitrogens with zero attached hydrogens (tertiary/aromatic N) is 2. The summed E-state index contributed by atoms with van der Waals surface area (Å²) < 4.78 is 0. The molecule has 0 aliphatic heterocycles. The van der Waals surface area contributed by atoms with Crippen LogP contribution in [0.3, 0.4) is 0 Å². The number of nitrogens with one attached hydrogen (secondary N) is 1. The van der Waals surface area contributed by atoms with Gasteiger partial charge in [-0.1, -0.05) is 11.6 Å². The molecule has 0 fully saturated rings. The molecule has 1 aromatic carbocycles. The largest absolute Gasteiger partial charge is 0.478 e. The van der Waals surface area contributed by atoms with E-state index in [2.05, 4.69) is 10.3 Å². The molecule has 0 saturated heterocycles. The van der Waals surface area contributed by atoms with Gasteiger partial charge in [0.1, 0.15) is 17.5 Å². The molecule has 0 atom stereocenters. The van der Waals surface area contributed by atoms with Crippen LogP contribution in [-0.4, -0.2) is 16.1 Å². The molecular weight excluding hydrogens is 290 g/mol. The third-order valence-electron chi connectivity index (χ3n) is 2.91. The number of carbonyl (C=O) groups is 1. The highest BCUT2D eigenvalue weighted by atomic mass is 35.5. The van der Waals surface area contributed by atoms with Crippen LogP contribution in [0.25, 0.3) is 0 Å². The van der Waals surface area contributed by atoms with Gasteiger partial charge < -0.3 is 10.4 Å². The SMILES string of the molecule is Cc1cc(C)c(C(=O)O)c(Nc2cc(Cl)ccc2C#N)n1. The van der Waals surface area contributed by atoms with E-state index in [4.69, 9.17) is 16.9 Å². The quantitative estimate of drug-likeness (QED) is 0.903. The maximum absolute atomic E-state index is 11.4. The fourth-order valence-corrected chi connectivity index (χ4v) is 2.21. The Labute approximate surface area is 126 Å². The van der Waals surface area contributed by atoms with Gasteiger partial charge in [-0.2, -0.15) is 5.26 Å². The number of benzene rings is 1. The molecule has 0 aliphatic rings. The minimum Gasteiger partial charge on any atom is -0.478 e. The highest BCUT2D eigenvalue weighted by Crippen LogP contribution is 2.27. The first-order valence-electron chi connectivity index (χ1n) is 6.10. The predicted octanol–water partition coefficient (Wildman–Crippen LogP) is 3.67. The minimum absolute atomic E-state index is 0.0736. The number of hydrogen-bond donors (Lipinski definition) is 2. The lowest BCUT2D eigenvalue weighted by atomic mass is 10.1. The van der Waals surface area contributed by atoms with E-state index in [0.717, 1.165) is 0 Å². The number of aromatic carboxylic acids is 1. The molecule has 2 rings (SSSR count). The molecule has 1 heterocycles. The van der Waals surface area contributed by atoms with Crippen LogP contribution in [0.4, 0.5) is 11.5 Å². The zero-order chi connectivity index (χ0) is 15.6. The summed E-state index contributed by atoms with van der Waals surface area (Å²) >= 11 is 5.92. The van der Waals surface area contributed by atoms with Crippen molar-refractivity contribution in [3.63, 3.8) is 0 Å². The molecular formula is C15H12ClN3O2. The zero-order valence-electron chi connectivity index (χ0n) is 11.4. The fraction of sp³-hybridized carbons (Fsp3) is 0.133. The van der Waals surface area contributed by atoms with Crippen LogP contribution >= 0.6 is 11.6 Å². The van der Waals surface area contributed by atoms with E-state index in [0.29, 0.717) is 27.5 Å². The van der Waals surface area contributed by atoms with Crippen LogP contribution in [0.1, 0.15) is 27.2 Å². The van der Waals surface area contributed by atoms with Crippen LogP contribution in [0.2, 0.25) is 5.02 Å². The second-order valence-corrected chi connectivity index (χ2v) is 4.97. The van der Waals surface area contributed by atoms with Crippen molar-refractivity contribution in [3.8, 4) is 6.07 Å². The average Bonchev–Trinajstić information content (AvgIpc) is 2.37. The van der Waals surface area contributed by atoms with Gasteiger partial charge in [0.15, 0.2) is 0 Å². The molecule has 106 valence electrons. The maximum Gasteiger partial charge on any atom is 0.339 e. The summed E-state index contributed by atoms with van der Waals surface area (Å²) in [5, 5.41) is 21.8. The molecule has 2 aromatic rings. The number of hydrogen-bond acceptors (Lipinski definition) is 4. The van der Waals surface area contributed by atoms with E-state index in [1.165, 1.54) is 0 Å². The van der Waals surface area contributed by atoms with Gasteiger partial charge in [0.2, 0.25) is 0 Å². The number of carboxylic acid groups (broad SMARTS) is 1. The van der Waals surface area contributed by atoms with E-state index in [-0.39, 0.29) is 11.4 Å². The van der Waals surface area contributed by atoms with Crippen LogP contribution in [-0.2, 0) is 0 Å². The van der Waals surface area contributed by atoms with Gasteiger partial charge in [-0.05, 0) is 43.7 Å². The number of halogens is 1. The number of pyridine rings is 1. The first kappa shape index (κ1) is 14.8. The van der Waals surface area contributed by atoms with Gasteiger partial charge in [-0.25, -0.2) is 9.78 Å². The third-order valence-corrected chi connectivity index (χ3v) is 3.15. The van der Waals surface area contributed by atoms with Crippen LogP contribution in [0, 0.1) is 25.2 Å². The molecule has 6 heteroatoms. The number of nitriles is 1. The summed E-state index contributed by atoms with van der Waals surface area (Å²) in [5.41, 5.74) is 2.13.